The Hall–Kier alpha value is 0.01000. The lowest BCUT2D eigenvalue weighted by Gasteiger charge is -2.06. The molecule has 1 aromatic rings. The summed E-state index contributed by atoms with van der Waals surface area (Å²) in [4.78, 5) is 0. The highest BCUT2D eigenvalue weighted by atomic mass is 32.2. The Bertz CT molecular complexity index is 184. The molecule has 1 atom stereocenters. The van der Waals surface area contributed by atoms with Crippen molar-refractivity contribution in [2.75, 3.05) is 11.5 Å². The molecule has 0 aliphatic heterocycles. The molecule has 0 aromatic carbocycles. The molecule has 0 radical (unpaired) electrons. The largest absolute Gasteiger partial charge is 0.388 e. The SMILES string of the molecule is CCSCC(O)c1ccsc1. The van der Waals surface area contributed by atoms with Gasteiger partial charge in [-0.05, 0) is 28.1 Å². The average Bonchev–Trinajstić information content (AvgIpc) is 2.52. The standard InChI is InChI=1S/C8H12OS2/c1-2-10-6-8(9)7-3-4-11-5-7/h3-5,8-9H,2,6H2,1H3. The van der Waals surface area contributed by atoms with E-state index in [1.165, 1.54) is 0 Å². The Kier molecular flexibility index (Phi) is 3.97. The maximum absolute atomic E-state index is 9.53. The first-order valence-electron chi connectivity index (χ1n) is 3.62. The molecule has 1 heterocycles. The van der Waals surface area contributed by atoms with Crippen molar-refractivity contribution in [2.24, 2.45) is 0 Å². The Labute approximate surface area is 75.4 Å². The van der Waals surface area contributed by atoms with Crippen molar-refractivity contribution in [3.8, 4) is 0 Å². The fraction of sp³-hybridized carbons (Fsp3) is 0.500. The minimum absolute atomic E-state index is 0.272. The molecule has 1 aromatic heterocycles. The first-order chi connectivity index (χ1) is 5.34. The van der Waals surface area contributed by atoms with E-state index in [1.807, 2.05) is 16.8 Å². The normalized spacial score (nSPS) is 13.3. The molecule has 0 spiro atoms. The van der Waals surface area contributed by atoms with E-state index in [9.17, 15) is 5.11 Å². The predicted octanol–water partition coefficient (Wildman–Crippen LogP) is 2.53. The molecule has 0 saturated heterocycles. The van der Waals surface area contributed by atoms with E-state index in [1.54, 1.807) is 23.1 Å². The number of hydrogen-bond donors (Lipinski definition) is 1. The van der Waals surface area contributed by atoms with Crippen LogP contribution in [0.2, 0.25) is 0 Å². The molecule has 0 fully saturated rings. The molecule has 0 aliphatic carbocycles. The molecule has 62 valence electrons. The maximum Gasteiger partial charge on any atom is 0.0888 e. The molecule has 1 rings (SSSR count). The summed E-state index contributed by atoms with van der Waals surface area (Å²) in [7, 11) is 0. The fourth-order valence-electron chi connectivity index (χ4n) is 0.790. The monoisotopic (exact) mass is 188 g/mol. The van der Waals surface area contributed by atoms with E-state index in [0.717, 1.165) is 17.1 Å². The van der Waals surface area contributed by atoms with Gasteiger partial charge in [0, 0.05) is 5.75 Å². The zero-order chi connectivity index (χ0) is 8.10. The smallest absolute Gasteiger partial charge is 0.0888 e. The second-order valence-corrected chi connectivity index (χ2v) is 4.33. The van der Waals surface area contributed by atoms with Gasteiger partial charge in [-0.2, -0.15) is 23.1 Å². The van der Waals surface area contributed by atoms with Crippen LogP contribution in [-0.4, -0.2) is 16.6 Å². The van der Waals surface area contributed by atoms with Gasteiger partial charge in [0.15, 0.2) is 0 Å². The molecule has 0 aliphatic rings. The van der Waals surface area contributed by atoms with Gasteiger partial charge in [-0.1, -0.05) is 6.92 Å². The minimum Gasteiger partial charge on any atom is -0.388 e. The van der Waals surface area contributed by atoms with Crippen molar-refractivity contribution in [3.05, 3.63) is 22.4 Å². The van der Waals surface area contributed by atoms with E-state index in [-0.39, 0.29) is 6.10 Å². The summed E-state index contributed by atoms with van der Waals surface area (Å²) in [5, 5.41) is 13.5. The first kappa shape index (κ1) is 9.10. The van der Waals surface area contributed by atoms with Crippen LogP contribution in [0.4, 0.5) is 0 Å². The molecule has 1 unspecified atom stereocenters. The van der Waals surface area contributed by atoms with Crippen LogP contribution < -0.4 is 0 Å². The van der Waals surface area contributed by atoms with Gasteiger partial charge in [-0.25, -0.2) is 0 Å². The van der Waals surface area contributed by atoms with E-state index in [4.69, 9.17) is 0 Å². The predicted molar refractivity (Wildman–Crippen MR) is 52.3 cm³/mol. The molecule has 3 heteroatoms. The number of aliphatic hydroxyl groups excluding tert-OH is 1. The third kappa shape index (κ3) is 2.85. The van der Waals surface area contributed by atoms with Gasteiger partial charge in [0.05, 0.1) is 6.10 Å². The van der Waals surface area contributed by atoms with Gasteiger partial charge in [0.25, 0.3) is 0 Å². The average molecular weight is 188 g/mol. The summed E-state index contributed by atoms with van der Waals surface area (Å²) in [6, 6.07) is 1.98. The Morgan fingerprint density at radius 1 is 1.73 bits per heavy atom. The van der Waals surface area contributed by atoms with Crippen LogP contribution in [0.3, 0.4) is 0 Å². The summed E-state index contributed by atoms with van der Waals surface area (Å²) in [6.07, 6.45) is -0.272. The second-order valence-electron chi connectivity index (χ2n) is 2.23. The Morgan fingerprint density at radius 3 is 3.09 bits per heavy atom. The molecule has 0 saturated carbocycles. The van der Waals surface area contributed by atoms with E-state index >= 15 is 0 Å². The van der Waals surface area contributed by atoms with Gasteiger partial charge in [0.2, 0.25) is 0 Å². The molecular weight excluding hydrogens is 176 g/mol. The number of aliphatic hydroxyl groups is 1. The van der Waals surface area contributed by atoms with E-state index in [0.29, 0.717) is 0 Å². The van der Waals surface area contributed by atoms with Crippen LogP contribution in [0.15, 0.2) is 16.8 Å². The zero-order valence-electron chi connectivity index (χ0n) is 6.49. The van der Waals surface area contributed by atoms with E-state index < -0.39 is 0 Å². The molecule has 0 bridgehead atoms. The van der Waals surface area contributed by atoms with Crippen molar-refractivity contribution in [1.82, 2.24) is 0 Å². The number of hydrogen-bond acceptors (Lipinski definition) is 3. The first-order valence-corrected chi connectivity index (χ1v) is 5.72. The van der Waals surface area contributed by atoms with Gasteiger partial charge in [-0.15, -0.1) is 0 Å². The van der Waals surface area contributed by atoms with Crippen LogP contribution in [0.1, 0.15) is 18.6 Å². The topological polar surface area (TPSA) is 20.2 Å². The van der Waals surface area contributed by atoms with Gasteiger partial charge in [0.1, 0.15) is 0 Å². The molecule has 1 N–H and O–H groups in total. The van der Waals surface area contributed by atoms with Crippen LogP contribution >= 0.6 is 23.1 Å². The van der Waals surface area contributed by atoms with Crippen molar-refractivity contribution >= 4 is 23.1 Å². The van der Waals surface area contributed by atoms with Gasteiger partial charge >= 0.3 is 0 Å². The Morgan fingerprint density at radius 2 is 2.55 bits per heavy atom. The third-order valence-electron chi connectivity index (χ3n) is 1.41. The van der Waals surface area contributed by atoms with Crippen molar-refractivity contribution in [2.45, 2.75) is 13.0 Å². The summed E-state index contributed by atoms with van der Waals surface area (Å²) in [5.74, 6) is 1.88. The van der Waals surface area contributed by atoms with Gasteiger partial charge < -0.3 is 5.11 Å². The van der Waals surface area contributed by atoms with Gasteiger partial charge in [-0.3, -0.25) is 0 Å². The number of thioether (sulfide) groups is 1. The third-order valence-corrected chi connectivity index (χ3v) is 3.07. The second kappa shape index (κ2) is 4.80. The zero-order valence-corrected chi connectivity index (χ0v) is 8.12. The summed E-state index contributed by atoms with van der Waals surface area (Å²) in [5.41, 5.74) is 1.05. The van der Waals surface area contributed by atoms with Crippen molar-refractivity contribution in [3.63, 3.8) is 0 Å². The molecule has 0 amide bonds. The Balaban J connectivity index is 2.36. The lowest BCUT2D eigenvalue weighted by molar-refractivity contribution is 0.204. The van der Waals surface area contributed by atoms with E-state index in [2.05, 4.69) is 6.92 Å². The quantitative estimate of drug-likeness (QED) is 0.783. The summed E-state index contributed by atoms with van der Waals surface area (Å²) >= 11 is 3.40. The van der Waals surface area contributed by atoms with Crippen LogP contribution in [0.5, 0.6) is 0 Å². The molecular formula is C8H12OS2. The highest BCUT2D eigenvalue weighted by Gasteiger charge is 2.05. The number of rotatable bonds is 4. The summed E-state index contributed by atoms with van der Waals surface area (Å²) < 4.78 is 0. The van der Waals surface area contributed by atoms with Crippen LogP contribution in [0, 0.1) is 0 Å². The van der Waals surface area contributed by atoms with Crippen LogP contribution in [0.25, 0.3) is 0 Å². The fourth-order valence-corrected chi connectivity index (χ4v) is 2.15. The van der Waals surface area contributed by atoms with Crippen molar-refractivity contribution < 1.29 is 5.11 Å². The molecule has 1 nitrogen and oxygen atoms in total. The lowest BCUT2D eigenvalue weighted by Crippen LogP contribution is -1.98. The highest BCUT2D eigenvalue weighted by molar-refractivity contribution is 7.99. The lowest BCUT2D eigenvalue weighted by atomic mass is 10.2. The number of thiophene rings is 1. The molecule has 11 heavy (non-hydrogen) atoms. The maximum atomic E-state index is 9.53. The highest BCUT2D eigenvalue weighted by Crippen LogP contribution is 2.19. The van der Waals surface area contributed by atoms with Crippen LogP contribution in [-0.2, 0) is 0 Å². The van der Waals surface area contributed by atoms with Crippen molar-refractivity contribution in [1.29, 1.82) is 0 Å². The summed E-state index contributed by atoms with van der Waals surface area (Å²) in [6.45, 7) is 2.10. The minimum atomic E-state index is -0.272.